The van der Waals surface area contributed by atoms with Crippen LogP contribution in [0.4, 0.5) is 10.1 Å². The van der Waals surface area contributed by atoms with Crippen LogP contribution < -0.4 is 5.32 Å². The van der Waals surface area contributed by atoms with Crippen molar-refractivity contribution in [2.75, 3.05) is 11.1 Å². The summed E-state index contributed by atoms with van der Waals surface area (Å²) >= 11 is 4.36. The highest BCUT2D eigenvalue weighted by Crippen LogP contribution is 2.21. The quantitative estimate of drug-likeness (QED) is 0.815. The molecule has 21 heavy (non-hydrogen) atoms. The predicted octanol–water partition coefficient (Wildman–Crippen LogP) is 2.89. The SMILES string of the molecule is CC(C)n1nnnc1SCC(=O)Nc1ccc(Br)cc1F. The number of aromatic nitrogens is 4. The summed E-state index contributed by atoms with van der Waals surface area (Å²) in [6.45, 7) is 3.88. The number of tetrazole rings is 1. The van der Waals surface area contributed by atoms with Gasteiger partial charge in [-0.2, -0.15) is 0 Å². The van der Waals surface area contributed by atoms with E-state index in [2.05, 4.69) is 36.8 Å². The standard InChI is InChI=1S/C12H13BrFN5OS/c1-7(2)19-12(16-17-18-19)21-6-11(20)15-10-4-3-8(13)5-9(10)14/h3-5,7H,6H2,1-2H3,(H,15,20). The second-order valence-corrected chi connectivity index (χ2v) is 6.32. The molecule has 1 amide bonds. The fourth-order valence-electron chi connectivity index (χ4n) is 1.51. The summed E-state index contributed by atoms with van der Waals surface area (Å²) in [7, 11) is 0. The maximum Gasteiger partial charge on any atom is 0.234 e. The zero-order valence-electron chi connectivity index (χ0n) is 11.4. The minimum Gasteiger partial charge on any atom is -0.323 e. The van der Waals surface area contributed by atoms with Gasteiger partial charge in [-0.05, 0) is 42.5 Å². The molecule has 1 N–H and O–H groups in total. The number of rotatable bonds is 5. The van der Waals surface area contributed by atoms with E-state index in [4.69, 9.17) is 0 Å². The van der Waals surface area contributed by atoms with E-state index < -0.39 is 5.82 Å². The number of amides is 1. The minimum atomic E-state index is -0.491. The van der Waals surface area contributed by atoms with Gasteiger partial charge in [0.2, 0.25) is 11.1 Å². The van der Waals surface area contributed by atoms with Crippen molar-refractivity contribution in [3.63, 3.8) is 0 Å². The Balaban J connectivity index is 1.94. The van der Waals surface area contributed by atoms with E-state index >= 15 is 0 Å². The number of hydrogen-bond acceptors (Lipinski definition) is 5. The van der Waals surface area contributed by atoms with Crippen LogP contribution >= 0.6 is 27.7 Å². The second kappa shape index (κ2) is 6.99. The molecule has 2 aromatic rings. The molecule has 0 saturated heterocycles. The number of benzene rings is 1. The number of nitrogens with zero attached hydrogens (tertiary/aromatic N) is 4. The van der Waals surface area contributed by atoms with E-state index in [1.807, 2.05) is 13.8 Å². The smallest absolute Gasteiger partial charge is 0.234 e. The van der Waals surface area contributed by atoms with Crippen molar-refractivity contribution in [2.45, 2.75) is 25.0 Å². The highest BCUT2D eigenvalue weighted by molar-refractivity contribution is 9.10. The molecule has 0 fully saturated rings. The van der Waals surface area contributed by atoms with Crippen LogP contribution in [-0.4, -0.2) is 31.9 Å². The third-order valence-electron chi connectivity index (χ3n) is 2.49. The van der Waals surface area contributed by atoms with Crippen LogP contribution in [0.1, 0.15) is 19.9 Å². The molecule has 112 valence electrons. The van der Waals surface area contributed by atoms with Gasteiger partial charge in [-0.3, -0.25) is 4.79 Å². The Morgan fingerprint density at radius 1 is 1.52 bits per heavy atom. The predicted molar refractivity (Wildman–Crippen MR) is 81.7 cm³/mol. The Morgan fingerprint density at radius 3 is 2.95 bits per heavy atom. The molecule has 2 rings (SSSR count). The van der Waals surface area contributed by atoms with Gasteiger partial charge >= 0.3 is 0 Å². The Kier molecular flexibility index (Phi) is 5.29. The van der Waals surface area contributed by atoms with Gasteiger partial charge in [-0.25, -0.2) is 9.07 Å². The maximum atomic E-state index is 13.6. The number of carbonyl (C=O) groups is 1. The number of hydrogen-bond donors (Lipinski definition) is 1. The molecule has 0 spiro atoms. The molecule has 0 saturated carbocycles. The van der Waals surface area contributed by atoms with Crippen molar-refractivity contribution in [1.29, 1.82) is 0 Å². The first kappa shape index (κ1) is 15.9. The molecule has 0 bridgehead atoms. The first-order valence-corrected chi connectivity index (χ1v) is 7.91. The van der Waals surface area contributed by atoms with Crippen molar-refractivity contribution in [3.05, 3.63) is 28.5 Å². The van der Waals surface area contributed by atoms with Crippen molar-refractivity contribution >= 4 is 39.3 Å². The summed E-state index contributed by atoms with van der Waals surface area (Å²) in [5.74, 6) is -0.711. The number of carbonyl (C=O) groups excluding carboxylic acids is 1. The van der Waals surface area contributed by atoms with E-state index in [0.717, 1.165) is 0 Å². The third-order valence-corrected chi connectivity index (χ3v) is 3.92. The summed E-state index contributed by atoms with van der Waals surface area (Å²) in [4.78, 5) is 11.8. The minimum absolute atomic E-state index is 0.0998. The molecule has 0 aliphatic rings. The largest absolute Gasteiger partial charge is 0.323 e. The molecule has 1 heterocycles. The zero-order chi connectivity index (χ0) is 15.4. The van der Waals surface area contributed by atoms with Gasteiger partial charge in [0.25, 0.3) is 0 Å². The topological polar surface area (TPSA) is 72.7 Å². The number of halogens is 2. The van der Waals surface area contributed by atoms with Crippen molar-refractivity contribution in [2.24, 2.45) is 0 Å². The maximum absolute atomic E-state index is 13.6. The third kappa shape index (κ3) is 4.24. The second-order valence-electron chi connectivity index (χ2n) is 4.46. The molecule has 6 nitrogen and oxygen atoms in total. The van der Waals surface area contributed by atoms with Gasteiger partial charge in [-0.15, -0.1) is 5.10 Å². The van der Waals surface area contributed by atoms with Crippen LogP contribution in [-0.2, 0) is 4.79 Å². The van der Waals surface area contributed by atoms with Gasteiger partial charge in [-0.1, -0.05) is 27.7 Å². The van der Waals surface area contributed by atoms with Crippen molar-refractivity contribution < 1.29 is 9.18 Å². The first-order valence-electron chi connectivity index (χ1n) is 6.13. The van der Waals surface area contributed by atoms with Crippen LogP contribution in [0.5, 0.6) is 0 Å². The molecular formula is C12H13BrFN5OS. The summed E-state index contributed by atoms with van der Waals surface area (Å²) in [5, 5.41) is 14.3. The van der Waals surface area contributed by atoms with E-state index in [1.165, 1.54) is 23.9 Å². The van der Waals surface area contributed by atoms with Crippen LogP contribution in [0.15, 0.2) is 27.8 Å². The molecule has 9 heteroatoms. The number of anilines is 1. The van der Waals surface area contributed by atoms with Gasteiger partial charge in [0, 0.05) is 4.47 Å². The van der Waals surface area contributed by atoms with E-state index in [1.54, 1.807) is 10.7 Å². The molecule has 1 aromatic heterocycles. The van der Waals surface area contributed by atoms with E-state index in [0.29, 0.717) is 9.63 Å². The summed E-state index contributed by atoms with van der Waals surface area (Å²) in [6.07, 6.45) is 0. The lowest BCUT2D eigenvalue weighted by Crippen LogP contribution is -2.16. The summed E-state index contributed by atoms with van der Waals surface area (Å²) in [6, 6.07) is 4.56. The molecule has 0 radical (unpaired) electrons. The zero-order valence-corrected chi connectivity index (χ0v) is 13.8. The van der Waals surface area contributed by atoms with Crippen molar-refractivity contribution in [3.8, 4) is 0 Å². The van der Waals surface area contributed by atoms with Gasteiger partial charge in [0.05, 0.1) is 17.5 Å². The van der Waals surface area contributed by atoms with Gasteiger partial charge in [0.1, 0.15) is 5.82 Å². The van der Waals surface area contributed by atoms with Gasteiger partial charge < -0.3 is 5.32 Å². The number of nitrogens with one attached hydrogen (secondary N) is 1. The van der Waals surface area contributed by atoms with E-state index in [-0.39, 0.29) is 23.4 Å². The van der Waals surface area contributed by atoms with Crippen LogP contribution in [0.3, 0.4) is 0 Å². The average molecular weight is 374 g/mol. The number of thioether (sulfide) groups is 1. The Morgan fingerprint density at radius 2 is 2.29 bits per heavy atom. The average Bonchev–Trinajstić information content (AvgIpc) is 2.88. The molecule has 0 aliphatic carbocycles. The Labute approximate surface area is 133 Å². The summed E-state index contributed by atoms with van der Waals surface area (Å²) < 4.78 is 15.8. The van der Waals surface area contributed by atoms with Gasteiger partial charge in [0.15, 0.2) is 0 Å². The molecular weight excluding hydrogens is 361 g/mol. The van der Waals surface area contributed by atoms with Crippen LogP contribution in [0, 0.1) is 5.82 Å². The highest BCUT2D eigenvalue weighted by Gasteiger charge is 2.13. The first-order chi connectivity index (χ1) is 9.97. The van der Waals surface area contributed by atoms with Crippen LogP contribution in [0.2, 0.25) is 0 Å². The lowest BCUT2D eigenvalue weighted by molar-refractivity contribution is -0.113. The summed E-state index contributed by atoms with van der Waals surface area (Å²) in [5.41, 5.74) is 0.146. The van der Waals surface area contributed by atoms with Crippen LogP contribution in [0.25, 0.3) is 0 Å². The molecule has 0 aliphatic heterocycles. The Bertz CT molecular complexity index is 648. The molecule has 0 unspecified atom stereocenters. The monoisotopic (exact) mass is 373 g/mol. The molecule has 1 aromatic carbocycles. The van der Waals surface area contributed by atoms with Crippen molar-refractivity contribution in [1.82, 2.24) is 20.2 Å². The fourth-order valence-corrected chi connectivity index (χ4v) is 2.65. The van der Waals surface area contributed by atoms with E-state index in [9.17, 15) is 9.18 Å². The highest BCUT2D eigenvalue weighted by atomic mass is 79.9. The fraction of sp³-hybridized carbons (Fsp3) is 0.333. The Hall–Kier alpha value is -1.48. The normalized spacial score (nSPS) is 10.9. The lowest BCUT2D eigenvalue weighted by Gasteiger charge is -2.08. The lowest BCUT2D eigenvalue weighted by atomic mass is 10.3. The molecule has 0 atom stereocenters.